The molecular weight excluding hydrogens is 498 g/mol. The highest BCUT2D eigenvalue weighted by atomic mass is 16.7. The largest absolute Gasteiger partial charge is 0.508 e. The minimum atomic E-state index is -1.60. The van der Waals surface area contributed by atoms with Crippen molar-refractivity contribution in [2.45, 2.75) is 56.5 Å². The second-order valence-electron chi connectivity index (χ2n) is 9.09. The number of fused-ring (bicyclic) bond motifs is 1. The molecule has 1 aliphatic heterocycles. The predicted molar refractivity (Wildman–Crippen MR) is 134 cm³/mol. The Hall–Kier alpha value is -3.33. The highest BCUT2D eigenvalue weighted by Crippen LogP contribution is 2.32. The Morgan fingerprint density at radius 2 is 1.87 bits per heavy atom. The lowest BCUT2D eigenvalue weighted by molar-refractivity contribution is -0.278. The van der Waals surface area contributed by atoms with E-state index >= 15 is 0 Å². The van der Waals surface area contributed by atoms with E-state index in [-0.39, 0.29) is 24.1 Å². The van der Waals surface area contributed by atoms with Gasteiger partial charge in [-0.2, -0.15) is 0 Å². The van der Waals surface area contributed by atoms with Crippen molar-refractivity contribution in [3.05, 3.63) is 47.7 Å². The number of aryl methyl sites for hydroxylation is 3. The Balaban J connectivity index is 1.62. The van der Waals surface area contributed by atoms with Crippen LogP contribution in [0.25, 0.3) is 11.0 Å². The van der Waals surface area contributed by atoms with Gasteiger partial charge in [0.05, 0.1) is 18.5 Å². The molecule has 0 radical (unpaired) electrons. The van der Waals surface area contributed by atoms with Gasteiger partial charge in [0.25, 0.3) is 0 Å². The maximum absolute atomic E-state index is 11.4. The number of pyridine rings is 1. The molecule has 0 bridgehead atoms. The Labute approximate surface area is 218 Å². The van der Waals surface area contributed by atoms with Crippen molar-refractivity contribution in [1.82, 2.24) is 20.1 Å². The molecule has 3 aromatic rings. The number of phenols is 1. The van der Waals surface area contributed by atoms with E-state index in [4.69, 9.17) is 15.2 Å². The number of carbonyl (C=O) groups excluding carboxylic acids is 1. The number of ether oxygens (including phenoxy) is 2. The van der Waals surface area contributed by atoms with Gasteiger partial charge < -0.3 is 46.1 Å². The van der Waals surface area contributed by atoms with E-state index in [1.807, 2.05) is 18.2 Å². The summed E-state index contributed by atoms with van der Waals surface area (Å²) in [5.74, 6) is 0.0138. The molecule has 1 aliphatic rings. The van der Waals surface area contributed by atoms with Crippen molar-refractivity contribution in [2.24, 2.45) is 5.73 Å². The van der Waals surface area contributed by atoms with Gasteiger partial charge in [-0.15, -0.1) is 5.10 Å². The number of nitrogens with two attached hydrogens (primary N) is 1. The van der Waals surface area contributed by atoms with Crippen LogP contribution in [0, 0.1) is 0 Å². The average molecular weight is 532 g/mol. The molecule has 4 rings (SSSR count). The summed E-state index contributed by atoms with van der Waals surface area (Å²) >= 11 is 0. The van der Waals surface area contributed by atoms with Crippen LogP contribution in [0.4, 0.5) is 0 Å². The van der Waals surface area contributed by atoms with Gasteiger partial charge >= 0.3 is 0 Å². The normalized spacial score (nSPS) is 23.4. The summed E-state index contributed by atoms with van der Waals surface area (Å²) in [6, 6.07) is 8.73. The number of hydrogen-bond acceptors (Lipinski definition) is 11. The third-order valence-electron chi connectivity index (χ3n) is 6.44. The van der Waals surface area contributed by atoms with Crippen LogP contribution in [-0.4, -0.2) is 96.6 Å². The lowest BCUT2D eigenvalue weighted by atomic mass is 9.99. The number of aromatic nitrogens is 3. The Morgan fingerprint density at radius 1 is 1.11 bits per heavy atom. The summed E-state index contributed by atoms with van der Waals surface area (Å²) in [5.41, 5.74) is 7.70. The molecule has 8 N–H and O–H groups in total. The van der Waals surface area contributed by atoms with Crippen LogP contribution < -0.4 is 15.8 Å². The third-order valence-corrected chi connectivity index (χ3v) is 6.44. The van der Waals surface area contributed by atoms with Gasteiger partial charge in [-0.3, -0.25) is 4.79 Å². The van der Waals surface area contributed by atoms with E-state index in [0.717, 1.165) is 11.1 Å². The number of aliphatic hydroxyl groups is 4. The first-order valence-electron chi connectivity index (χ1n) is 12.4. The van der Waals surface area contributed by atoms with E-state index < -0.39 is 37.3 Å². The fraction of sp³-hybridized carbons (Fsp3) is 0.480. The number of aliphatic hydroxyl groups excluding tert-OH is 4. The summed E-state index contributed by atoms with van der Waals surface area (Å²) in [6.07, 6.45) is -3.86. The zero-order valence-electron chi connectivity index (χ0n) is 20.7. The first-order valence-corrected chi connectivity index (χ1v) is 12.4. The van der Waals surface area contributed by atoms with Crippen molar-refractivity contribution in [3.63, 3.8) is 0 Å². The van der Waals surface area contributed by atoms with E-state index in [2.05, 4.69) is 15.4 Å². The number of phenolic OH excluding ortho intramolecular Hbond substituents is 1. The number of carbonyl (C=O) groups is 1. The van der Waals surface area contributed by atoms with Gasteiger partial charge in [0.15, 0.2) is 5.65 Å². The van der Waals surface area contributed by atoms with E-state index in [9.17, 15) is 30.3 Å². The number of nitrogens with one attached hydrogen (secondary N) is 1. The molecule has 1 amide bonds. The molecule has 3 heterocycles. The number of benzene rings is 1. The molecule has 0 spiro atoms. The molecule has 1 fully saturated rings. The number of nitrogens with zero attached hydrogens (tertiary/aromatic N) is 3. The summed E-state index contributed by atoms with van der Waals surface area (Å²) in [6.45, 7) is 0.0658. The van der Waals surface area contributed by atoms with Crippen LogP contribution in [0.1, 0.15) is 17.5 Å². The van der Waals surface area contributed by atoms with Crippen molar-refractivity contribution in [1.29, 1.82) is 0 Å². The van der Waals surface area contributed by atoms with Crippen molar-refractivity contribution < 1.29 is 39.8 Å². The maximum atomic E-state index is 11.4. The molecule has 1 aromatic carbocycles. The Morgan fingerprint density at radius 3 is 2.58 bits per heavy atom. The quantitative estimate of drug-likeness (QED) is 0.143. The van der Waals surface area contributed by atoms with E-state index in [0.29, 0.717) is 43.4 Å². The molecule has 13 nitrogen and oxygen atoms in total. The molecule has 1 saturated heterocycles. The topological polar surface area (TPSA) is 205 Å². The third kappa shape index (κ3) is 6.20. The summed E-state index contributed by atoms with van der Waals surface area (Å²) < 4.78 is 13.1. The van der Waals surface area contributed by atoms with Crippen molar-refractivity contribution in [3.8, 4) is 11.6 Å². The minimum absolute atomic E-state index is 0.101. The van der Waals surface area contributed by atoms with Crippen LogP contribution in [0.3, 0.4) is 0 Å². The predicted octanol–water partition coefficient (Wildman–Crippen LogP) is -1.43. The molecule has 38 heavy (non-hydrogen) atoms. The second kappa shape index (κ2) is 12.5. The SMILES string of the molecule is NCC(=O)NCCCn1nc(OC2O[C@H](CO)[C@@H](O)[C@H](O)[C@H]2O)c2c(CCc3ccc(O)cc3)ccnc21. The number of hydrogen-bond donors (Lipinski definition) is 7. The summed E-state index contributed by atoms with van der Waals surface area (Å²) in [5, 5.41) is 57.7. The summed E-state index contributed by atoms with van der Waals surface area (Å²) in [4.78, 5) is 15.9. The lowest BCUT2D eigenvalue weighted by Gasteiger charge is -2.39. The van der Waals surface area contributed by atoms with E-state index in [1.165, 1.54) is 0 Å². The van der Waals surface area contributed by atoms with Gasteiger partial charge in [0, 0.05) is 19.3 Å². The fourth-order valence-corrected chi connectivity index (χ4v) is 4.32. The van der Waals surface area contributed by atoms with Crippen LogP contribution in [0.2, 0.25) is 0 Å². The van der Waals surface area contributed by atoms with Gasteiger partial charge in [0.2, 0.25) is 18.1 Å². The van der Waals surface area contributed by atoms with Gasteiger partial charge in [-0.1, -0.05) is 12.1 Å². The molecule has 0 aliphatic carbocycles. The monoisotopic (exact) mass is 531 g/mol. The van der Waals surface area contributed by atoms with Crippen LogP contribution in [0.5, 0.6) is 11.6 Å². The van der Waals surface area contributed by atoms with Gasteiger partial charge in [-0.25, -0.2) is 9.67 Å². The van der Waals surface area contributed by atoms with Crippen LogP contribution in [-0.2, 0) is 28.9 Å². The standard InChI is InChI=1S/C25H33N5O8/c26-12-18(33)27-9-1-11-30-23-19(15(8-10-28-23)5-2-14-3-6-16(32)7-4-14)24(29-30)38-25-22(36)21(35)20(34)17(13-31)37-25/h3-4,6-8,10,17,20-22,25,31-32,34-36H,1-2,5,9,11-13,26H2,(H,27,33)/t17-,20-,21+,22-,25?/m1/s1. The maximum Gasteiger partial charge on any atom is 0.245 e. The Bertz CT molecular complexity index is 1220. The molecule has 1 unspecified atom stereocenters. The number of amides is 1. The molecule has 2 aromatic heterocycles. The molecule has 0 saturated carbocycles. The van der Waals surface area contributed by atoms with E-state index in [1.54, 1.807) is 23.0 Å². The van der Waals surface area contributed by atoms with Crippen molar-refractivity contribution in [2.75, 3.05) is 19.7 Å². The van der Waals surface area contributed by atoms with Crippen LogP contribution >= 0.6 is 0 Å². The number of rotatable bonds is 11. The first-order chi connectivity index (χ1) is 18.3. The first kappa shape index (κ1) is 27.7. The molecule has 5 atom stereocenters. The molecule has 206 valence electrons. The van der Waals surface area contributed by atoms with Crippen LogP contribution in [0.15, 0.2) is 36.5 Å². The van der Waals surface area contributed by atoms with Gasteiger partial charge in [-0.05, 0) is 48.6 Å². The average Bonchev–Trinajstić information content (AvgIpc) is 3.28. The Kier molecular flexibility index (Phi) is 9.09. The summed E-state index contributed by atoms with van der Waals surface area (Å²) in [7, 11) is 0. The fourth-order valence-electron chi connectivity index (χ4n) is 4.32. The zero-order chi connectivity index (χ0) is 27.2. The second-order valence-corrected chi connectivity index (χ2v) is 9.09. The highest BCUT2D eigenvalue weighted by Gasteiger charge is 2.45. The van der Waals surface area contributed by atoms with Gasteiger partial charge in [0.1, 0.15) is 30.2 Å². The minimum Gasteiger partial charge on any atom is -0.508 e. The zero-order valence-corrected chi connectivity index (χ0v) is 20.7. The highest BCUT2D eigenvalue weighted by molar-refractivity contribution is 5.85. The molecular formula is C25H33N5O8. The van der Waals surface area contributed by atoms with Crippen molar-refractivity contribution >= 4 is 16.9 Å². The smallest absolute Gasteiger partial charge is 0.245 e. The lowest BCUT2D eigenvalue weighted by Crippen LogP contribution is -2.60. The molecule has 13 heteroatoms. The number of aromatic hydroxyl groups is 1.